The van der Waals surface area contributed by atoms with E-state index >= 15 is 0 Å². The van der Waals surface area contributed by atoms with Gasteiger partial charge in [-0.3, -0.25) is 9.59 Å². The second kappa shape index (κ2) is 7.19. The molecule has 0 spiro atoms. The molecule has 6 nitrogen and oxygen atoms in total. The Morgan fingerprint density at radius 1 is 1.07 bits per heavy atom. The van der Waals surface area contributed by atoms with Gasteiger partial charge in [0.05, 0.1) is 14.2 Å². The third kappa shape index (κ3) is 3.09. The number of nitrogens with one attached hydrogen (secondary N) is 1. The average Bonchev–Trinajstić information content (AvgIpc) is 3.44. The van der Waals surface area contributed by atoms with Gasteiger partial charge in [-0.25, -0.2) is 0 Å². The number of amides is 2. The smallest absolute Gasteiger partial charge is 0.242 e. The lowest BCUT2D eigenvalue weighted by Crippen LogP contribution is -2.44. The summed E-state index contributed by atoms with van der Waals surface area (Å²) in [6, 6.07) is 13.4. The van der Waals surface area contributed by atoms with Crippen LogP contribution in [0.2, 0.25) is 0 Å². The van der Waals surface area contributed by atoms with Crippen molar-refractivity contribution in [2.45, 2.75) is 25.8 Å². The molecule has 0 unspecified atom stereocenters. The number of nitrogens with zero attached hydrogens (tertiary/aromatic N) is 1. The van der Waals surface area contributed by atoms with E-state index in [2.05, 4.69) is 5.32 Å². The Bertz CT molecular complexity index is 921. The molecule has 28 heavy (non-hydrogen) atoms. The van der Waals surface area contributed by atoms with Crippen molar-refractivity contribution < 1.29 is 19.1 Å². The third-order valence-electron chi connectivity index (χ3n) is 5.63. The summed E-state index contributed by atoms with van der Waals surface area (Å²) >= 11 is 0. The van der Waals surface area contributed by atoms with Gasteiger partial charge in [0.1, 0.15) is 5.41 Å². The van der Waals surface area contributed by atoms with Gasteiger partial charge < -0.3 is 19.7 Å². The lowest BCUT2D eigenvalue weighted by Gasteiger charge is -2.23. The molecule has 1 saturated carbocycles. The third-order valence-corrected chi connectivity index (χ3v) is 5.63. The molecule has 1 aliphatic heterocycles. The molecule has 2 amide bonds. The lowest BCUT2D eigenvalue weighted by molar-refractivity contribution is -0.135. The highest BCUT2D eigenvalue weighted by Crippen LogP contribution is 2.49. The molecule has 146 valence electrons. The maximum absolute atomic E-state index is 13.2. The second-order valence-corrected chi connectivity index (χ2v) is 7.29. The number of benzene rings is 2. The Labute approximate surface area is 164 Å². The van der Waals surface area contributed by atoms with Crippen LogP contribution in [-0.4, -0.2) is 32.6 Å². The van der Waals surface area contributed by atoms with E-state index in [0.717, 1.165) is 23.2 Å². The van der Waals surface area contributed by atoms with Crippen molar-refractivity contribution in [2.24, 2.45) is 5.41 Å². The van der Waals surface area contributed by atoms with E-state index in [1.165, 1.54) is 0 Å². The topological polar surface area (TPSA) is 67.9 Å². The quantitative estimate of drug-likeness (QED) is 0.783. The first kappa shape index (κ1) is 18.3. The van der Waals surface area contributed by atoms with E-state index in [9.17, 15) is 9.59 Å². The summed E-state index contributed by atoms with van der Waals surface area (Å²) < 4.78 is 10.5. The molecule has 6 heteroatoms. The minimum absolute atomic E-state index is 0.0812. The molecule has 0 radical (unpaired) electrons. The molecule has 2 aromatic rings. The zero-order valence-corrected chi connectivity index (χ0v) is 16.2. The number of hydrogen-bond donors (Lipinski definition) is 1. The molecule has 2 aliphatic rings. The predicted octanol–water partition coefficient (Wildman–Crippen LogP) is 2.69. The van der Waals surface area contributed by atoms with Crippen LogP contribution in [0.3, 0.4) is 0 Å². The monoisotopic (exact) mass is 380 g/mol. The van der Waals surface area contributed by atoms with Crippen LogP contribution in [0.4, 0.5) is 5.69 Å². The molecule has 1 aliphatic carbocycles. The van der Waals surface area contributed by atoms with Gasteiger partial charge in [0.15, 0.2) is 11.5 Å². The lowest BCUT2D eigenvalue weighted by atomic mass is 10.0. The summed E-state index contributed by atoms with van der Waals surface area (Å²) in [4.78, 5) is 27.8. The maximum atomic E-state index is 13.2. The fourth-order valence-corrected chi connectivity index (χ4v) is 3.81. The number of ether oxygens (including phenoxy) is 2. The van der Waals surface area contributed by atoms with Crippen LogP contribution in [0.15, 0.2) is 42.5 Å². The summed E-state index contributed by atoms with van der Waals surface area (Å²) in [5, 5.41) is 2.94. The predicted molar refractivity (Wildman–Crippen MR) is 106 cm³/mol. The first-order chi connectivity index (χ1) is 13.6. The SMILES string of the molecule is COc1ccc(CNC(=O)C2(C(=O)N3CCc4ccccc43)CC2)cc1OC. The van der Waals surface area contributed by atoms with E-state index in [4.69, 9.17) is 9.47 Å². The van der Waals surface area contributed by atoms with E-state index < -0.39 is 5.41 Å². The minimum atomic E-state index is -0.923. The maximum Gasteiger partial charge on any atom is 0.242 e. The van der Waals surface area contributed by atoms with E-state index in [0.29, 0.717) is 37.4 Å². The van der Waals surface area contributed by atoms with Crippen molar-refractivity contribution >= 4 is 17.5 Å². The van der Waals surface area contributed by atoms with Crippen molar-refractivity contribution in [1.82, 2.24) is 5.32 Å². The fourth-order valence-electron chi connectivity index (χ4n) is 3.81. The summed E-state index contributed by atoms with van der Waals surface area (Å²) in [6.07, 6.45) is 2.04. The molecule has 0 saturated heterocycles. The molecule has 0 atom stereocenters. The Kier molecular flexibility index (Phi) is 4.71. The average molecular weight is 380 g/mol. The molecule has 1 N–H and O–H groups in total. The first-order valence-electron chi connectivity index (χ1n) is 9.48. The second-order valence-electron chi connectivity index (χ2n) is 7.29. The van der Waals surface area contributed by atoms with Gasteiger partial charge in [-0.15, -0.1) is 0 Å². The van der Waals surface area contributed by atoms with Gasteiger partial charge in [-0.2, -0.15) is 0 Å². The molecule has 1 heterocycles. The first-order valence-corrected chi connectivity index (χ1v) is 9.48. The zero-order valence-electron chi connectivity index (χ0n) is 16.2. The van der Waals surface area contributed by atoms with Crippen molar-refractivity contribution in [2.75, 3.05) is 25.7 Å². The van der Waals surface area contributed by atoms with E-state index in [1.54, 1.807) is 25.2 Å². The molecular weight excluding hydrogens is 356 g/mol. The number of para-hydroxylation sites is 1. The number of methoxy groups -OCH3 is 2. The number of carbonyl (C=O) groups excluding carboxylic acids is 2. The van der Waals surface area contributed by atoms with Crippen LogP contribution in [0, 0.1) is 5.41 Å². The van der Waals surface area contributed by atoms with Crippen LogP contribution < -0.4 is 19.7 Å². The van der Waals surface area contributed by atoms with Gasteiger partial charge >= 0.3 is 0 Å². The summed E-state index contributed by atoms with van der Waals surface area (Å²) in [6.45, 7) is 0.980. The number of anilines is 1. The number of hydrogen-bond acceptors (Lipinski definition) is 4. The van der Waals surface area contributed by atoms with Gasteiger partial charge in [-0.1, -0.05) is 24.3 Å². The Morgan fingerprint density at radius 3 is 2.54 bits per heavy atom. The Morgan fingerprint density at radius 2 is 1.82 bits per heavy atom. The van der Waals surface area contributed by atoms with Gasteiger partial charge in [0.2, 0.25) is 11.8 Å². The summed E-state index contributed by atoms with van der Waals surface area (Å²) in [5.41, 5.74) is 2.07. The molecule has 1 fully saturated rings. The summed E-state index contributed by atoms with van der Waals surface area (Å²) in [5.74, 6) is 0.971. The normalized spacial score (nSPS) is 16.3. The highest BCUT2D eigenvalue weighted by molar-refractivity contribution is 6.14. The molecule has 4 rings (SSSR count). The Balaban J connectivity index is 1.44. The number of rotatable bonds is 6. The van der Waals surface area contributed by atoms with Gasteiger partial charge in [0.25, 0.3) is 0 Å². The van der Waals surface area contributed by atoms with Crippen LogP contribution in [-0.2, 0) is 22.6 Å². The minimum Gasteiger partial charge on any atom is -0.493 e. The summed E-state index contributed by atoms with van der Waals surface area (Å²) in [7, 11) is 3.16. The highest BCUT2D eigenvalue weighted by Gasteiger charge is 2.58. The van der Waals surface area contributed by atoms with Crippen molar-refractivity contribution in [3.05, 3.63) is 53.6 Å². The number of fused-ring (bicyclic) bond motifs is 1. The van der Waals surface area contributed by atoms with Crippen molar-refractivity contribution in [3.63, 3.8) is 0 Å². The molecular formula is C22H24N2O4. The van der Waals surface area contributed by atoms with Crippen LogP contribution in [0.5, 0.6) is 11.5 Å². The number of carbonyl (C=O) groups is 2. The van der Waals surface area contributed by atoms with Gasteiger partial charge in [-0.05, 0) is 48.6 Å². The van der Waals surface area contributed by atoms with Crippen LogP contribution in [0.1, 0.15) is 24.0 Å². The highest BCUT2D eigenvalue weighted by atomic mass is 16.5. The molecule has 0 bridgehead atoms. The van der Waals surface area contributed by atoms with Gasteiger partial charge in [0, 0.05) is 18.8 Å². The molecule has 2 aromatic carbocycles. The van der Waals surface area contributed by atoms with Crippen molar-refractivity contribution in [3.8, 4) is 11.5 Å². The van der Waals surface area contributed by atoms with Crippen LogP contribution in [0.25, 0.3) is 0 Å². The van der Waals surface area contributed by atoms with E-state index in [1.807, 2.05) is 36.4 Å². The fraction of sp³-hybridized carbons (Fsp3) is 0.364. The Hall–Kier alpha value is -3.02. The standard InChI is InChI=1S/C22H24N2O4/c1-27-18-8-7-15(13-19(18)28-2)14-23-20(25)22(10-11-22)21(26)24-12-9-16-5-3-4-6-17(16)24/h3-8,13H,9-12,14H2,1-2H3,(H,23,25). The largest absolute Gasteiger partial charge is 0.493 e. The van der Waals surface area contributed by atoms with Crippen molar-refractivity contribution in [1.29, 1.82) is 0 Å². The molecule has 0 aromatic heterocycles. The zero-order chi connectivity index (χ0) is 19.7. The van der Waals surface area contributed by atoms with Crippen LogP contribution >= 0.6 is 0 Å². The van der Waals surface area contributed by atoms with E-state index in [-0.39, 0.29) is 11.8 Å².